The molecule has 0 heterocycles. The molecule has 124 valence electrons. The number of urea groups is 1. The number of anilines is 1. The molecule has 0 saturated carbocycles. The van der Waals surface area contributed by atoms with Gasteiger partial charge in [-0.15, -0.1) is 0 Å². The quantitative estimate of drug-likeness (QED) is 0.561. The van der Waals surface area contributed by atoms with Gasteiger partial charge >= 0.3 is 12.0 Å². The van der Waals surface area contributed by atoms with Crippen molar-refractivity contribution in [1.29, 1.82) is 0 Å². The number of nitrogens with one attached hydrogen (secondary N) is 2. The van der Waals surface area contributed by atoms with Crippen LogP contribution in [0.15, 0.2) is 59.7 Å². The minimum absolute atomic E-state index is 0.442. The van der Waals surface area contributed by atoms with Crippen molar-refractivity contribution in [2.24, 2.45) is 5.10 Å². The molecule has 7 heteroatoms. The lowest BCUT2D eigenvalue weighted by Crippen LogP contribution is -2.24. The normalized spacial score (nSPS) is 11.7. The molecule has 2 aromatic rings. The maximum atomic E-state index is 11.6. The highest BCUT2D eigenvalue weighted by molar-refractivity contribution is 5.90. The molecule has 3 N–H and O–H groups in total. The summed E-state index contributed by atoms with van der Waals surface area (Å²) in [6.45, 7) is 1.45. The Balaban J connectivity index is 1.83. The second kappa shape index (κ2) is 8.33. The van der Waals surface area contributed by atoms with E-state index in [1.165, 1.54) is 13.1 Å². The second-order valence-electron chi connectivity index (χ2n) is 4.86. The molecule has 0 aromatic heterocycles. The van der Waals surface area contributed by atoms with E-state index >= 15 is 0 Å². The molecule has 0 radical (unpaired) electrons. The van der Waals surface area contributed by atoms with E-state index in [0.29, 0.717) is 11.4 Å². The lowest BCUT2D eigenvalue weighted by atomic mass is 10.2. The standard InChI is InChI=1S/C17H17N3O4/c1-12(16(21)22)24-15-9-7-13(8-10-15)11-18-20-17(23)19-14-5-3-2-4-6-14/h2-12H,1H3,(H,21,22)(H2,19,20,23)/b18-11+/t12-/m0/s1. The van der Waals surface area contributed by atoms with Crippen molar-refractivity contribution in [3.8, 4) is 5.75 Å². The number of nitrogens with zero attached hydrogens (tertiary/aromatic N) is 1. The number of amides is 2. The predicted octanol–water partition coefficient (Wildman–Crippen LogP) is 2.69. The molecule has 2 aromatic carbocycles. The van der Waals surface area contributed by atoms with Crippen LogP contribution in [0.3, 0.4) is 0 Å². The van der Waals surface area contributed by atoms with Crippen LogP contribution in [-0.2, 0) is 4.79 Å². The van der Waals surface area contributed by atoms with Crippen molar-refractivity contribution in [1.82, 2.24) is 5.43 Å². The van der Waals surface area contributed by atoms with Crippen LogP contribution >= 0.6 is 0 Å². The van der Waals surface area contributed by atoms with Crippen LogP contribution in [0.1, 0.15) is 12.5 Å². The van der Waals surface area contributed by atoms with Crippen molar-refractivity contribution in [2.75, 3.05) is 5.32 Å². The van der Waals surface area contributed by atoms with Gasteiger partial charge in [-0.1, -0.05) is 18.2 Å². The summed E-state index contributed by atoms with van der Waals surface area (Å²) in [6.07, 6.45) is 0.544. The highest BCUT2D eigenvalue weighted by atomic mass is 16.5. The maximum Gasteiger partial charge on any atom is 0.344 e. The molecule has 0 aliphatic heterocycles. The third-order valence-electron chi connectivity index (χ3n) is 2.95. The van der Waals surface area contributed by atoms with E-state index in [9.17, 15) is 9.59 Å². The van der Waals surface area contributed by atoms with E-state index in [-0.39, 0.29) is 0 Å². The molecule has 0 spiro atoms. The molecule has 2 rings (SSSR count). The summed E-state index contributed by atoms with van der Waals surface area (Å²) < 4.78 is 5.22. The summed E-state index contributed by atoms with van der Waals surface area (Å²) in [5.74, 6) is -0.592. The number of carbonyl (C=O) groups is 2. The number of hydrazone groups is 1. The number of carboxylic acids is 1. The van der Waals surface area contributed by atoms with Crippen LogP contribution in [0.2, 0.25) is 0 Å². The van der Waals surface area contributed by atoms with Crippen molar-refractivity contribution in [3.05, 3.63) is 60.2 Å². The van der Waals surface area contributed by atoms with E-state index < -0.39 is 18.1 Å². The van der Waals surface area contributed by atoms with E-state index in [1.807, 2.05) is 18.2 Å². The molecule has 0 bridgehead atoms. The van der Waals surface area contributed by atoms with Crippen molar-refractivity contribution in [2.45, 2.75) is 13.0 Å². The Kier molecular flexibility index (Phi) is 5.90. The summed E-state index contributed by atoms with van der Waals surface area (Å²) in [6, 6.07) is 15.2. The first-order valence-corrected chi connectivity index (χ1v) is 7.19. The summed E-state index contributed by atoms with van der Waals surface area (Å²) in [5.41, 5.74) is 3.74. The van der Waals surface area contributed by atoms with Gasteiger partial charge in [0, 0.05) is 5.69 Å². The second-order valence-corrected chi connectivity index (χ2v) is 4.86. The Morgan fingerprint density at radius 3 is 2.42 bits per heavy atom. The molecule has 0 fully saturated rings. The zero-order valence-electron chi connectivity index (χ0n) is 13.0. The fraction of sp³-hybridized carbons (Fsp3) is 0.118. The fourth-order valence-electron chi connectivity index (χ4n) is 1.73. The van der Waals surface area contributed by atoms with E-state index in [0.717, 1.165) is 5.56 Å². The van der Waals surface area contributed by atoms with Crippen molar-refractivity contribution >= 4 is 23.9 Å². The smallest absolute Gasteiger partial charge is 0.344 e. The first kappa shape index (κ1) is 17.0. The average molecular weight is 327 g/mol. The van der Waals surface area contributed by atoms with Crippen LogP contribution in [0.4, 0.5) is 10.5 Å². The predicted molar refractivity (Wildman–Crippen MR) is 90.4 cm³/mol. The van der Waals surface area contributed by atoms with Crippen LogP contribution in [-0.4, -0.2) is 29.4 Å². The Hall–Kier alpha value is -3.35. The molecule has 0 aliphatic rings. The molecule has 7 nitrogen and oxygen atoms in total. The molecular formula is C17H17N3O4. The van der Waals surface area contributed by atoms with Gasteiger partial charge in [0.15, 0.2) is 6.10 Å². The largest absolute Gasteiger partial charge is 0.479 e. The number of hydrogen-bond donors (Lipinski definition) is 3. The van der Waals surface area contributed by atoms with Gasteiger partial charge in [-0.05, 0) is 48.9 Å². The van der Waals surface area contributed by atoms with Crippen LogP contribution < -0.4 is 15.5 Å². The van der Waals surface area contributed by atoms with Gasteiger partial charge in [0.1, 0.15) is 5.75 Å². The number of rotatable bonds is 6. The summed E-state index contributed by atoms with van der Waals surface area (Å²) >= 11 is 0. The lowest BCUT2D eigenvalue weighted by Gasteiger charge is -2.09. The Bertz CT molecular complexity index is 714. The Morgan fingerprint density at radius 1 is 1.12 bits per heavy atom. The highest BCUT2D eigenvalue weighted by Crippen LogP contribution is 2.13. The number of carboxylic acid groups (broad SMARTS) is 1. The van der Waals surface area contributed by atoms with Crippen LogP contribution in [0.25, 0.3) is 0 Å². The van der Waals surface area contributed by atoms with E-state index in [2.05, 4.69) is 15.8 Å². The third kappa shape index (κ3) is 5.45. The lowest BCUT2D eigenvalue weighted by molar-refractivity contribution is -0.144. The van der Waals surface area contributed by atoms with Crippen LogP contribution in [0.5, 0.6) is 5.75 Å². The third-order valence-corrected chi connectivity index (χ3v) is 2.95. The van der Waals surface area contributed by atoms with Gasteiger partial charge < -0.3 is 15.2 Å². The topological polar surface area (TPSA) is 100 Å². The van der Waals surface area contributed by atoms with Crippen molar-refractivity contribution in [3.63, 3.8) is 0 Å². The van der Waals surface area contributed by atoms with Gasteiger partial charge in [0.25, 0.3) is 0 Å². The zero-order chi connectivity index (χ0) is 17.4. The summed E-state index contributed by atoms with van der Waals surface area (Å²) in [4.78, 5) is 22.3. The molecule has 24 heavy (non-hydrogen) atoms. The summed E-state index contributed by atoms with van der Waals surface area (Å²) in [7, 11) is 0. The SMILES string of the molecule is C[C@H](Oc1ccc(/C=N/NC(=O)Nc2ccccc2)cc1)C(=O)O. The molecule has 2 amide bonds. The highest BCUT2D eigenvalue weighted by Gasteiger charge is 2.11. The molecule has 0 aliphatic carbocycles. The first-order chi connectivity index (χ1) is 11.5. The minimum Gasteiger partial charge on any atom is -0.479 e. The molecule has 0 saturated heterocycles. The Labute approximate surface area is 139 Å². The number of hydrogen-bond acceptors (Lipinski definition) is 4. The minimum atomic E-state index is -1.03. The van der Waals surface area contributed by atoms with Gasteiger partial charge in [-0.25, -0.2) is 15.0 Å². The van der Waals surface area contributed by atoms with Gasteiger partial charge in [0.2, 0.25) is 0 Å². The molecule has 1 atom stereocenters. The maximum absolute atomic E-state index is 11.6. The average Bonchev–Trinajstić information content (AvgIpc) is 2.57. The Morgan fingerprint density at radius 2 is 1.79 bits per heavy atom. The number of benzene rings is 2. The first-order valence-electron chi connectivity index (χ1n) is 7.19. The van der Waals surface area contributed by atoms with Gasteiger partial charge in [-0.2, -0.15) is 5.10 Å². The zero-order valence-corrected chi connectivity index (χ0v) is 13.0. The summed E-state index contributed by atoms with van der Waals surface area (Å²) in [5, 5.41) is 15.2. The van der Waals surface area contributed by atoms with Crippen molar-refractivity contribution < 1.29 is 19.4 Å². The molecular weight excluding hydrogens is 310 g/mol. The number of aliphatic carboxylic acids is 1. The van der Waals surface area contributed by atoms with Gasteiger partial charge in [0.05, 0.1) is 6.21 Å². The van der Waals surface area contributed by atoms with Crippen LogP contribution in [0, 0.1) is 0 Å². The fourth-order valence-corrected chi connectivity index (χ4v) is 1.73. The van der Waals surface area contributed by atoms with Gasteiger partial charge in [-0.3, -0.25) is 0 Å². The monoisotopic (exact) mass is 327 g/mol. The van der Waals surface area contributed by atoms with E-state index in [1.54, 1.807) is 36.4 Å². The molecule has 0 unspecified atom stereocenters. The number of ether oxygens (including phenoxy) is 1. The number of carbonyl (C=O) groups excluding carboxylic acids is 1. The van der Waals surface area contributed by atoms with E-state index in [4.69, 9.17) is 9.84 Å². The number of para-hydroxylation sites is 1.